The van der Waals surface area contributed by atoms with Gasteiger partial charge in [0.1, 0.15) is 0 Å². The molecule has 3 aromatic rings. The number of nitrogens with one attached hydrogen (secondary N) is 2. The Morgan fingerprint density at radius 3 is 2.48 bits per heavy atom. The fraction of sp³-hybridized carbons (Fsp3) is 0.263. The Balaban J connectivity index is 1.75. The SMILES string of the molecule is Cc1cccc(C)c1NC(=O)[C@H](C)Sc1nc2ccc(C(F)(F)F)cc2[nH]1. The van der Waals surface area contributed by atoms with E-state index in [9.17, 15) is 18.0 Å². The largest absolute Gasteiger partial charge is 0.416 e. The molecule has 0 spiro atoms. The zero-order valence-electron chi connectivity index (χ0n) is 14.9. The van der Waals surface area contributed by atoms with Crippen LogP contribution in [-0.2, 0) is 11.0 Å². The number of rotatable bonds is 4. The third kappa shape index (κ3) is 4.27. The van der Waals surface area contributed by atoms with E-state index in [4.69, 9.17) is 0 Å². The van der Waals surface area contributed by atoms with Gasteiger partial charge in [-0.1, -0.05) is 30.0 Å². The molecule has 0 bridgehead atoms. The molecule has 8 heteroatoms. The number of amides is 1. The van der Waals surface area contributed by atoms with Gasteiger partial charge in [-0.05, 0) is 50.1 Å². The second-order valence-corrected chi connectivity index (χ2v) is 7.62. The Morgan fingerprint density at radius 1 is 1.19 bits per heavy atom. The number of aromatic amines is 1. The maximum absolute atomic E-state index is 12.8. The van der Waals surface area contributed by atoms with Crippen molar-refractivity contribution in [2.45, 2.75) is 37.4 Å². The second-order valence-electron chi connectivity index (χ2n) is 6.29. The molecule has 0 saturated carbocycles. The molecular formula is C19H18F3N3OS. The Bertz CT molecular complexity index is 977. The molecule has 0 radical (unpaired) electrons. The number of carbonyl (C=O) groups is 1. The molecule has 1 heterocycles. The average molecular weight is 393 g/mol. The van der Waals surface area contributed by atoms with E-state index in [0.29, 0.717) is 10.7 Å². The molecule has 2 aromatic carbocycles. The first-order chi connectivity index (χ1) is 12.6. The third-order valence-corrected chi connectivity index (χ3v) is 5.16. The highest BCUT2D eigenvalue weighted by Gasteiger charge is 2.30. The van der Waals surface area contributed by atoms with Gasteiger partial charge >= 0.3 is 6.18 Å². The number of hydrogen-bond donors (Lipinski definition) is 2. The van der Waals surface area contributed by atoms with Crippen molar-refractivity contribution in [1.29, 1.82) is 0 Å². The van der Waals surface area contributed by atoms with Gasteiger partial charge < -0.3 is 10.3 Å². The van der Waals surface area contributed by atoms with Crippen molar-refractivity contribution in [3.63, 3.8) is 0 Å². The van der Waals surface area contributed by atoms with Crippen LogP contribution in [0, 0.1) is 13.8 Å². The van der Waals surface area contributed by atoms with Crippen molar-refractivity contribution in [2.24, 2.45) is 0 Å². The van der Waals surface area contributed by atoms with Crippen molar-refractivity contribution >= 4 is 34.4 Å². The van der Waals surface area contributed by atoms with E-state index in [1.54, 1.807) is 6.92 Å². The van der Waals surface area contributed by atoms with E-state index in [2.05, 4.69) is 15.3 Å². The first kappa shape index (κ1) is 19.3. The van der Waals surface area contributed by atoms with E-state index in [0.717, 1.165) is 40.7 Å². The number of hydrogen-bond acceptors (Lipinski definition) is 3. The van der Waals surface area contributed by atoms with Crippen LogP contribution in [0.2, 0.25) is 0 Å². The molecule has 1 aromatic heterocycles. The van der Waals surface area contributed by atoms with Gasteiger partial charge in [-0.3, -0.25) is 4.79 Å². The van der Waals surface area contributed by atoms with Crippen LogP contribution in [0.4, 0.5) is 18.9 Å². The first-order valence-electron chi connectivity index (χ1n) is 8.26. The number of para-hydroxylation sites is 1. The van der Waals surface area contributed by atoms with Crippen LogP contribution >= 0.6 is 11.8 Å². The van der Waals surface area contributed by atoms with Gasteiger partial charge in [0.15, 0.2) is 5.16 Å². The van der Waals surface area contributed by atoms with Gasteiger partial charge in [-0.25, -0.2) is 4.98 Å². The van der Waals surface area contributed by atoms with Gasteiger partial charge in [-0.2, -0.15) is 13.2 Å². The molecule has 0 aliphatic carbocycles. The number of thioether (sulfide) groups is 1. The molecule has 0 saturated heterocycles. The number of aromatic nitrogens is 2. The van der Waals surface area contributed by atoms with Crippen molar-refractivity contribution < 1.29 is 18.0 Å². The monoisotopic (exact) mass is 393 g/mol. The number of aryl methyl sites for hydroxylation is 2. The normalized spacial score (nSPS) is 13.0. The zero-order valence-corrected chi connectivity index (χ0v) is 15.8. The third-order valence-electron chi connectivity index (χ3n) is 4.17. The maximum Gasteiger partial charge on any atom is 0.416 e. The molecule has 3 rings (SSSR count). The predicted octanol–water partition coefficient (Wildman–Crippen LogP) is 5.32. The van der Waals surface area contributed by atoms with Crippen LogP contribution in [0.15, 0.2) is 41.6 Å². The summed E-state index contributed by atoms with van der Waals surface area (Å²) in [4.78, 5) is 19.6. The summed E-state index contributed by atoms with van der Waals surface area (Å²) in [5.74, 6) is -0.200. The number of benzene rings is 2. The van der Waals surface area contributed by atoms with Crippen molar-refractivity contribution in [3.05, 3.63) is 53.1 Å². The number of imidazole rings is 1. The summed E-state index contributed by atoms with van der Waals surface area (Å²) in [5.41, 5.74) is 2.67. The lowest BCUT2D eigenvalue weighted by Gasteiger charge is -2.14. The Morgan fingerprint density at radius 2 is 1.85 bits per heavy atom. The highest BCUT2D eigenvalue weighted by atomic mass is 32.2. The van der Waals surface area contributed by atoms with E-state index in [1.807, 2.05) is 32.0 Å². The Labute approximate surface area is 158 Å². The molecule has 4 nitrogen and oxygen atoms in total. The Kier molecular flexibility index (Phi) is 5.19. The highest BCUT2D eigenvalue weighted by Crippen LogP contribution is 2.32. The highest BCUT2D eigenvalue weighted by molar-refractivity contribution is 8.00. The Hall–Kier alpha value is -2.48. The van der Waals surface area contributed by atoms with Crippen LogP contribution in [0.1, 0.15) is 23.6 Å². The number of nitrogens with zero attached hydrogens (tertiary/aromatic N) is 1. The number of fused-ring (bicyclic) bond motifs is 1. The zero-order chi connectivity index (χ0) is 19.8. The minimum atomic E-state index is -4.41. The standard InChI is InChI=1S/C19H18F3N3OS/c1-10-5-4-6-11(2)16(10)25-17(26)12(3)27-18-23-14-8-7-13(19(20,21)22)9-15(14)24-18/h4-9,12H,1-3H3,(H,23,24)(H,25,26)/t12-/m0/s1. The molecular weight excluding hydrogens is 375 g/mol. The maximum atomic E-state index is 12.8. The molecule has 0 aliphatic rings. The quantitative estimate of drug-likeness (QED) is 0.590. The predicted molar refractivity (Wildman–Crippen MR) is 101 cm³/mol. The number of anilines is 1. The fourth-order valence-corrected chi connectivity index (χ4v) is 3.50. The summed E-state index contributed by atoms with van der Waals surface area (Å²) in [7, 11) is 0. The van der Waals surface area contributed by atoms with Gasteiger partial charge in [0, 0.05) is 5.69 Å². The van der Waals surface area contributed by atoms with E-state index < -0.39 is 17.0 Å². The minimum absolute atomic E-state index is 0.200. The number of halogens is 3. The molecule has 2 N–H and O–H groups in total. The summed E-state index contributed by atoms with van der Waals surface area (Å²) < 4.78 is 38.5. The average Bonchev–Trinajstić information content (AvgIpc) is 2.98. The van der Waals surface area contributed by atoms with Crippen LogP contribution in [0.5, 0.6) is 0 Å². The van der Waals surface area contributed by atoms with Gasteiger partial charge in [0.05, 0.1) is 21.8 Å². The molecule has 0 fully saturated rings. The molecule has 142 valence electrons. The number of alkyl halides is 3. The van der Waals surface area contributed by atoms with E-state index in [1.165, 1.54) is 6.07 Å². The molecule has 1 amide bonds. The van der Waals surface area contributed by atoms with Gasteiger partial charge in [0.25, 0.3) is 0 Å². The number of H-pyrrole nitrogens is 1. The summed E-state index contributed by atoms with van der Waals surface area (Å²) >= 11 is 1.16. The molecule has 27 heavy (non-hydrogen) atoms. The smallest absolute Gasteiger partial charge is 0.333 e. The van der Waals surface area contributed by atoms with Crippen LogP contribution < -0.4 is 5.32 Å². The number of carbonyl (C=O) groups excluding carboxylic acids is 1. The topological polar surface area (TPSA) is 57.8 Å². The van der Waals surface area contributed by atoms with Crippen LogP contribution in [-0.4, -0.2) is 21.1 Å². The molecule has 0 aliphatic heterocycles. The lowest BCUT2D eigenvalue weighted by molar-refractivity contribution is -0.137. The fourth-order valence-electron chi connectivity index (χ4n) is 2.68. The lowest BCUT2D eigenvalue weighted by atomic mass is 10.1. The minimum Gasteiger partial charge on any atom is -0.333 e. The van der Waals surface area contributed by atoms with Crippen molar-refractivity contribution in [1.82, 2.24) is 9.97 Å². The van der Waals surface area contributed by atoms with Crippen molar-refractivity contribution in [2.75, 3.05) is 5.32 Å². The summed E-state index contributed by atoms with van der Waals surface area (Å²) in [5, 5.41) is 2.83. The van der Waals surface area contributed by atoms with Crippen LogP contribution in [0.25, 0.3) is 11.0 Å². The molecule has 1 atom stereocenters. The van der Waals surface area contributed by atoms with E-state index in [-0.39, 0.29) is 11.4 Å². The lowest BCUT2D eigenvalue weighted by Crippen LogP contribution is -2.23. The second kappa shape index (κ2) is 7.26. The summed E-state index contributed by atoms with van der Waals surface area (Å²) in [6, 6.07) is 9.08. The van der Waals surface area contributed by atoms with Crippen molar-refractivity contribution in [3.8, 4) is 0 Å². The van der Waals surface area contributed by atoms with Gasteiger partial charge in [0.2, 0.25) is 5.91 Å². The first-order valence-corrected chi connectivity index (χ1v) is 9.14. The molecule has 0 unspecified atom stereocenters. The van der Waals surface area contributed by atoms with Gasteiger partial charge in [-0.15, -0.1) is 0 Å². The summed E-state index contributed by atoms with van der Waals surface area (Å²) in [6.07, 6.45) is -4.41. The summed E-state index contributed by atoms with van der Waals surface area (Å²) in [6.45, 7) is 5.55. The van der Waals surface area contributed by atoms with Crippen LogP contribution in [0.3, 0.4) is 0 Å². The van der Waals surface area contributed by atoms with E-state index >= 15 is 0 Å².